The fraction of sp³-hybridized carbons (Fsp3) is 0.867. The van der Waals surface area contributed by atoms with Crippen LogP contribution in [0.3, 0.4) is 0 Å². The van der Waals surface area contributed by atoms with Crippen LogP contribution in [0.4, 0.5) is 0 Å². The first-order valence-corrected chi connectivity index (χ1v) is 8.06. The van der Waals surface area contributed by atoms with Crippen molar-refractivity contribution in [2.24, 2.45) is 11.7 Å². The number of hydrogen-bond donors (Lipinski definition) is 3. The quantitative estimate of drug-likeness (QED) is 0.659. The van der Waals surface area contributed by atoms with E-state index in [0.29, 0.717) is 13.0 Å². The van der Waals surface area contributed by atoms with Gasteiger partial charge in [-0.1, -0.05) is 19.3 Å². The molecule has 1 heterocycles. The van der Waals surface area contributed by atoms with E-state index in [1.165, 1.54) is 0 Å². The molecule has 21 heavy (non-hydrogen) atoms. The van der Waals surface area contributed by atoms with E-state index in [2.05, 4.69) is 10.2 Å². The molecule has 2 atom stereocenters. The largest absolute Gasteiger partial charge is 0.481 e. The van der Waals surface area contributed by atoms with Gasteiger partial charge in [-0.2, -0.15) is 0 Å². The van der Waals surface area contributed by atoms with Crippen molar-refractivity contribution >= 4 is 11.9 Å². The van der Waals surface area contributed by atoms with Gasteiger partial charge in [-0.3, -0.25) is 14.5 Å². The summed E-state index contributed by atoms with van der Waals surface area (Å²) >= 11 is 0. The van der Waals surface area contributed by atoms with Crippen LogP contribution in [0.25, 0.3) is 0 Å². The highest BCUT2D eigenvalue weighted by Crippen LogP contribution is 2.23. The van der Waals surface area contributed by atoms with Gasteiger partial charge in [0.25, 0.3) is 0 Å². The zero-order valence-electron chi connectivity index (χ0n) is 12.6. The molecule has 0 aromatic rings. The van der Waals surface area contributed by atoms with Crippen LogP contribution in [0, 0.1) is 5.92 Å². The van der Waals surface area contributed by atoms with E-state index in [0.717, 1.165) is 51.6 Å². The predicted molar refractivity (Wildman–Crippen MR) is 79.8 cm³/mol. The van der Waals surface area contributed by atoms with Gasteiger partial charge in [-0.05, 0) is 25.7 Å². The zero-order chi connectivity index (χ0) is 15.2. The van der Waals surface area contributed by atoms with Gasteiger partial charge < -0.3 is 16.2 Å². The molecule has 1 saturated heterocycles. The number of amides is 1. The van der Waals surface area contributed by atoms with Crippen LogP contribution in [0.15, 0.2) is 0 Å². The van der Waals surface area contributed by atoms with Crippen LogP contribution < -0.4 is 11.1 Å². The van der Waals surface area contributed by atoms with Crippen LogP contribution in [-0.2, 0) is 9.59 Å². The second-order valence-electron chi connectivity index (χ2n) is 6.37. The number of nitrogens with one attached hydrogen (secondary N) is 1. The molecule has 0 spiro atoms. The summed E-state index contributed by atoms with van der Waals surface area (Å²) in [6.45, 7) is 2.05. The first kappa shape index (κ1) is 16.2. The van der Waals surface area contributed by atoms with Crippen molar-refractivity contribution < 1.29 is 14.7 Å². The average Bonchev–Trinajstić information content (AvgIpc) is 2.67. The lowest BCUT2D eigenvalue weighted by molar-refractivity contribution is -0.143. The molecule has 2 fully saturated rings. The lowest BCUT2D eigenvalue weighted by Gasteiger charge is -2.30. The number of hydrogen-bond acceptors (Lipinski definition) is 4. The number of aliphatic carboxylic acids is 1. The summed E-state index contributed by atoms with van der Waals surface area (Å²) in [7, 11) is 0. The molecule has 4 N–H and O–H groups in total. The third kappa shape index (κ3) is 4.97. The standard InChI is InChI=1S/C15H27N3O3/c16-11-6-8-18(9-7-11)10-14(19)17-13-5-3-1-2-4-12(13)15(20)21/h11-13H,1-10,16H2,(H,17,19)(H,20,21). The van der Waals surface area contributed by atoms with E-state index >= 15 is 0 Å². The molecule has 1 aliphatic heterocycles. The normalized spacial score (nSPS) is 28.8. The highest BCUT2D eigenvalue weighted by Gasteiger charge is 2.31. The molecule has 2 rings (SSSR count). The van der Waals surface area contributed by atoms with Gasteiger partial charge in [0.05, 0.1) is 12.5 Å². The summed E-state index contributed by atoms with van der Waals surface area (Å²) < 4.78 is 0. The Morgan fingerprint density at radius 3 is 2.43 bits per heavy atom. The van der Waals surface area contributed by atoms with Crippen LogP contribution in [0.2, 0.25) is 0 Å². The Morgan fingerprint density at radius 1 is 1.10 bits per heavy atom. The van der Waals surface area contributed by atoms with Crippen LogP contribution in [0.1, 0.15) is 44.9 Å². The molecule has 0 aromatic heterocycles. The molecule has 1 aliphatic carbocycles. The number of nitrogens with two attached hydrogens (primary N) is 1. The van der Waals surface area contributed by atoms with Crippen molar-refractivity contribution in [3.8, 4) is 0 Å². The fourth-order valence-electron chi connectivity index (χ4n) is 3.34. The lowest BCUT2D eigenvalue weighted by atomic mass is 9.95. The van der Waals surface area contributed by atoms with E-state index in [4.69, 9.17) is 5.73 Å². The maximum absolute atomic E-state index is 12.2. The van der Waals surface area contributed by atoms with Crippen molar-refractivity contribution in [3.63, 3.8) is 0 Å². The fourth-order valence-corrected chi connectivity index (χ4v) is 3.34. The zero-order valence-corrected chi connectivity index (χ0v) is 12.6. The van der Waals surface area contributed by atoms with Gasteiger partial charge in [0, 0.05) is 25.2 Å². The van der Waals surface area contributed by atoms with E-state index in [-0.39, 0.29) is 18.0 Å². The van der Waals surface area contributed by atoms with Gasteiger partial charge in [0.1, 0.15) is 0 Å². The minimum Gasteiger partial charge on any atom is -0.481 e. The third-order valence-corrected chi connectivity index (χ3v) is 4.68. The van der Waals surface area contributed by atoms with Crippen LogP contribution >= 0.6 is 0 Å². The minimum atomic E-state index is -0.786. The summed E-state index contributed by atoms with van der Waals surface area (Å²) in [5.41, 5.74) is 5.85. The molecule has 0 radical (unpaired) electrons. The number of carbonyl (C=O) groups excluding carboxylic acids is 1. The smallest absolute Gasteiger partial charge is 0.308 e. The predicted octanol–water partition coefficient (Wildman–Crippen LogP) is 0.559. The van der Waals surface area contributed by atoms with Crippen LogP contribution in [0.5, 0.6) is 0 Å². The van der Waals surface area contributed by atoms with Crippen molar-refractivity contribution in [2.45, 2.75) is 57.0 Å². The number of nitrogens with zero attached hydrogens (tertiary/aromatic N) is 1. The number of carboxylic acid groups (broad SMARTS) is 1. The van der Waals surface area contributed by atoms with Gasteiger partial charge in [0.2, 0.25) is 5.91 Å². The first-order chi connectivity index (χ1) is 10.1. The highest BCUT2D eigenvalue weighted by molar-refractivity contribution is 5.79. The summed E-state index contributed by atoms with van der Waals surface area (Å²) in [6, 6.07) is 0.0344. The Balaban J connectivity index is 1.83. The Morgan fingerprint density at radius 2 is 1.76 bits per heavy atom. The maximum Gasteiger partial charge on any atom is 0.308 e. The van der Waals surface area contributed by atoms with Gasteiger partial charge in [0.15, 0.2) is 0 Å². The van der Waals surface area contributed by atoms with Crippen molar-refractivity contribution in [1.82, 2.24) is 10.2 Å². The minimum absolute atomic E-state index is 0.0522. The van der Waals surface area contributed by atoms with Crippen molar-refractivity contribution in [1.29, 1.82) is 0 Å². The Hall–Kier alpha value is -1.14. The van der Waals surface area contributed by atoms with Crippen molar-refractivity contribution in [3.05, 3.63) is 0 Å². The van der Waals surface area contributed by atoms with E-state index in [1.807, 2.05) is 0 Å². The molecule has 0 bridgehead atoms. The van der Waals surface area contributed by atoms with E-state index in [1.54, 1.807) is 0 Å². The first-order valence-electron chi connectivity index (χ1n) is 8.06. The van der Waals surface area contributed by atoms with Crippen molar-refractivity contribution in [2.75, 3.05) is 19.6 Å². The van der Waals surface area contributed by atoms with Gasteiger partial charge in [-0.15, -0.1) is 0 Å². The molecular weight excluding hydrogens is 270 g/mol. The third-order valence-electron chi connectivity index (χ3n) is 4.68. The summed E-state index contributed by atoms with van der Waals surface area (Å²) in [5, 5.41) is 12.3. The number of rotatable bonds is 4. The van der Waals surface area contributed by atoms with Crippen LogP contribution in [-0.4, -0.2) is 53.6 Å². The molecule has 2 unspecified atom stereocenters. The topological polar surface area (TPSA) is 95.7 Å². The molecule has 120 valence electrons. The Bertz CT molecular complexity index is 367. The Labute approximate surface area is 126 Å². The van der Waals surface area contributed by atoms with Gasteiger partial charge in [-0.25, -0.2) is 0 Å². The molecular formula is C15H27N3O3. The molecule has 2 aliphatic rings. The second kappa shape index (κ2) is 7.75. The van der Waals surface area contributed by atoms with E-state index < -0.39 is 11.9 Å². The number of carbonyl (C=O) groups is 2. The number of piperidine rings is 1. The summed E-state index contributed by atoms with van der Waals surface area (Å²) in [6.07, 6.45) is 6.27. The number of likely N-dealkylation sites (tertiary alicyclic amines) is 1. The summed E-state index contributed by atoms with van der Waals surface area (Å²) in [5.74, 6) is -1.28. The molecule has 6 heteroatoms. The van der Waals surface area contributed by atoms with E-state index in [9.17, 15) is 14.7 Å². The maximum atomic E-state index is 12.2. The van der Waals surface area contributed by atoms with Gasteiger partial charge >= 0.3 is 5.97 Å². The molecule has 1 amide bonds. The lowest BCUT2D eigenvalue weighted by Crippen LogP contribution is -2.49. The monoisotopic (exact) mass is 297 g/mol. The summed E-state index contributed by atoms with van der Waals surface area (Å²) in [4.78, 5) is 25.6. The Kier molecular flexibility index (Phi) is 5.99. The highest BCUT2D eigenvalue weighted by atomic mass is 16.4. The SMILES string of the molecule is NC1CCN(CC(=O)NC2CCCCCC2C(=O)O)CC1. The molecule has 6 nitrogen and oxygen atoms in total. The second-order valence-corrected chi connectivity index (χ2v) is 6.37. The molecule has 0 aromatic carbocycles. The molecule has 1 saturated carbocycles. The average molecular weight is 297 g/mol. The number of carboxylic acids is 1.